The Morgan fingerprint density at radius 2 is 2.00 bits per heavy atom. The van der Waals surface area contributed by atoms with Crippen molar-refractivity contribution in [1.29, 1.82) is 5.26 Å². The summed E-state index contributed by atoms with van der Waals surface area (Å²) >= 11 is 0. The summed E-state index contributed by atoms with van der Waals surface area (Å²) < 4.78 is 0. The van der Waals surface area contributed by atoms with E-state index in [1.807, 2.05) is 17.9 Å². The highest BCUT2D eigenvalue weighted by Crippen LogP contribution is 2.31. The highest BCUT2D eigenvalue weighted by Gasteiger charge is 2.17. The molecular formula is C15H13N3O3. The van der Waals surface area contributed by atoms with Crippen molar-refractivity contribution in [2.24, 2.45) is 0 Å². The molecular weight excluding hydrogens is 270 g/mol. The second-order valence-corrected chi connectivity index (χ2v) is 4.33. The Labute approximate surface area is 121 Å². The van der Waals surface area contributed by atoms with Gasteiger partial charge in [0, 0.05) is 30.1 Å². The van der Waals surface area contributed by atoms with E-state index < -0.39 is 4.92 Å². The topological polar surface area (TPSA) is 90.4 Å². The van der Waals surface area contributed by atoms with Crippen LogP contribution < -0.4 is 4.90 Å². The molecule has 2 rings (SSSR count). The summed E-state index contributed by atoms with van der Waals surface area (Å²) in [7, 11) is 0. The van der Waals surface area contributed by atoms with Gasteiger partial charge in [-0.15, -0.1) is 0 Å². The zero-order valence-corrected chi connectivity index (χ0v) is 11.4. The van der Waals surface area contributed by atoms with Gasteiger partial charge in [0.05, 0.1) is 4.92 Å². The van der Waals surface area contributed by atoms with E-state index in [1.165, 1.54) is 12.1 Å². The van der Waals surface area contributed by atoms with Gasteiger partial charge < -0.3 is 10.0 Å². The number of phenolic OH excluding ortho intramolecular Hbond substituents is 1. The fourth-order valence-corrected chi connectivity index (χ4v) is 2.11. The Balaban J connectivity index is 2.51. The molecule has 1 N–H and O–H groups in total. The summed E-state index contributed by atoms with van der Waals surface area (Å²) in [6.45, 7) is 2.46. The Kier molecular flexibility index (Phi) is 4.05. The van der Waals surface area contributed by atoms with Gasteiger partial charge in [-0.2, -0.15) is 5.26 Å². The zero-order valence-electron chi connectivity index (χ0n) is 11.4. The number of hydrogen-bond donors (Lipinski definition) is 1. The highest BCUT2D eigenvalue weighted by molar-refractivity contribution is 5.68. The average molecular weight is 283 g/mol. The van der Waals surface area contributed by atoms with Crippen molar-refractivity contribution in [3.05, 3.63) is 58.1 Å². The standard InChI is InChI=1S/C15H13N3O3/c1-2-17(12-4-3-5-14(19)8-12)13-7-6-11(10-16)15(9-13)18(20)21/h3-9,19H,2H2,1H3. The van der Waals surface area contributed by atoms with Crippen molar-refractivity contribution in [2.45, 2.75) is 6.92 Å². The van der Waals surface area contributed by atoms with Gasteiger partial charge in [0.15, 0.2) is 0 Å². The number of benzene rings is 2. The number of nitro benzene ring substituents is 1. The number of rotatable bonds is 4. The number of nitro groups is 1. The first-order valence-electron chi connectivity index (χ1n) is 6.32. The lowest BCUT2D eigenvalue weighted by molar-refractivity contribution is -0.385. The van der Waals surface area contributed by atoms with Crippen LogP contribution in [-0.4, -0.2) is 16.6 Å². The summed E-state index contributed by atoms with van der Waals surface area (Å²) in [5.41, 5.74) is 1.11. The molecule has 0 fully saturated rings. The fraction of sp³-hybridized carbons (Fsp3) is 0.133. The highest BCUT2D eigenvalue weighted by atomic mass is 16.6. The number of nitrogens with zero attached hydrogens (tertiary/aromatic N) is 3. The molecule has 0 aliphatic heterocycles. The molecule has 6 nitrogen and oxygen atoms in total. The summed E-state index contributed by atoms with van der Waals surface area (Å²) in [6.07, 6.45) is 0. The molecule has 0 aliphatic carbocycles. The van der Waals surface area contributed by atoms with Crippen LogP contribution in [-0.2, 0) is 0 Å². The van der Waals surface area contributed by atoms with Crippen LogP contribution in [0.15, 0.2) is 42.5 Å². The van der Waals surface area contributed by atoms with E-state index in [0.717, 1.165) is 5.69 Å². The van der Waals surface area contributed by atoms with Crippen LogP contribution in [0.25, 0.3) is 0 Å². The van der Waals surface area contributed by atoms with Crippen LogP contribution in [0.2, 0.25) is 0 Å². The Morgan fingerprint density at radius 3 is 2.57 bits per heavy atom. The average Bonchev–Trinajstić information content (AvgIpc) is 2.48. The second kappa shape index (κ2) is 5.92. The summed E-state index contributed by atoms with van der Waals surface area (Å²) in [4.78, 5) is 12.3. The largest absolute Gasteiger partial charge is 0.508 e. The Bertz CT molecular complexity index is 722. The predicted octanol–water partition coefficient (Wildman–Crippen LogP) is 3.33. The lowest BCUT2D eigenvalue weighted by atomic mass is 10.1. The monoisotopic (exact) mass is 283 g/mol. The first-order chi connectivity index (χ1) is 10.1. The zero-order chi connectivity index (χ0) is 15.4. The molecule has 0 spiro atoms. The minimum absolute atomic E-state index is 0.0238. The molecule has 106 valence electrons. The van der Waals surface area contributed by atoms with Gasteiger partial charge in [0.1, 0.15) is 17.4 Å². The smallest absolute Gasteiger partial charge is 0.289 e. The minimum Gasteiger partial charge on any atom is -0.508 e. The number of aromatic hydroxyl groups is 1. The fourth-order valence-electron chi connectivity index (χ4n) is 2.11. The third kappa shape index (κ3) is 2.92. The molecule has 0 saturated heterocycles. The van der Waals surface area contributed by atoms with Crippen molar-refractivity contribution >= 4 is 17.1 Å². The van der Waals surface area contributed by atoms with Gasteiger partial charge in [0.25, 0.3) is 5.69 Å². The van der Waals surface area contributed by atoms with Crippen molar-refractivity contribution < 1.29 is 10.0 Å². The molecule has 0 aliphatic rings. The first-order valence-corrected chi connectivity index (χ1v) is 6.32. The molecule has 0 aromatic heterocycles. The number of phenols is 1. The molecule has 0 heterocycles. The van der Waals surface area contributed by atoms with E-state index in [0.29, 0.717) is 12.2 Å². The first kappa shape index (κ1) is 14.3. The minimum atomic E-state index is -0.571. The maximum atomic E-state index is 11.0. The van der Waals surface area contributed by atoms with Gasteiger partial charge in [-0.05, 0) is 31.2 Å². The number of nitriles is 1. The summed E-state index contributed by atoms with van der Waals surface area (Å²) in [5, 5.41) is 29.5. The van der Waals surface area contributed by atoms with Crippen LogP contribution in [0.1, 0.15) is 12.5 Å². The van der Waals surface area contributed by atoms with Gasteiger partial charge >= 0.3 is 0 Å². The number of hydrogen-bond acceptors (Lipinski definition) is 5. The molecule has 0 unspecified atom stereocenters. The van der Waals surface area contributed by atoms with Crippen molar-refractivity contribution in [3.63, 3.8) is 0 Å². The van der Waals surface area contributed by atoms with E-state index in [4.69, 9.17) is 5.26 Å². The SMILES string of the molecule is CCN(c1cccc(O)c1)c1ccc(C#N)c([N+](=O)[O-])c1. The van der Waals surface area contributed by atoms with Crippen molar-refractivity contribution in [2.75, 3.05) is 11.4 Å². The summed E-state index contributed by atoms with van der Waals surface area (Å²) in [5.74, 6) is 0.120. The predicted molar refractivity (Wildman–Crippen MR) is 78.6 cm³/mol. The van der Waals surface area contributed by atoms with Gasteiger partial charge in [-0.25, -0.2) is 0 Å². The molecule has 0 bridgehead atoms. The molecule has 0 atom stereocenters. The van der Waals surface area contributed by atoms with E-state index in [1.54, 1.807) is 30.3 Å². The maximum absolute atomic E-state index is 11.0. The van der Waals surface area contributed by atoms with E-state index in [9.17, 15) is 15.2 Å². The summed E-state index contributed by atoms with van der Waals surface area (Å²) in [6, 6.07) is 12.9. The number of anilines is 2. The van der Waals surface area contributed by atoms with Crippen LogP contribution in [0.4, 0.5) is 17.1 Å². The van der Waals surface area contributed by atoms with Crippen LogP contribution in [0.3, 0.4) is 0 Å². The van der Waals surface area contributed by atoms with E-state index >= 15 is 0 Å². The molecule has 21 heavy (non-hydrogen) atoms. The van der Waals surface area contributed by atoms with Crippen LogP contribution in [0, 0.1) is 21.4 Å². The third-order valence-corrected chi connectivity index (χ3v) is 3.07. The molecule has 6 heteroatoms. The molecule has 0 radical (unpaired) electrons. The van der Waals surface area contributed by atoms with Crippen molar-refractivity contribution in [1.82, 2.24) is 0 Å². The normalized spacial score (nSPS) is 9.90. The second-order valence-electron chi connectivity index (χ2n) is 4.33. The quantitative estimate of drug-likeness (QED) is 0.686. The Morgan fingerprint density at radius 1 is 1.29 bits per heavy atom. The third-order valence-electron chi connectivity index (χ3n) is 3.07. The van der Waals surface area contributed by atoms with E-state index in [-0.39, 0.29) is 17.0 Å². The molecule has 2 aromatic rings. The molecule has 2 aromatic carbocycles. The lowest BCUT2D eigenvalue weighted by Crippen LogP contribution is -2.16. The van der Waals surface area contributed by atoms with E-state index in [2.05, 4.69) is 0 Å². The van der Waals surface area contributed by atoms with Gasteiger partial charge in [-0.3, -0.25) is 10.1 Å². The Hall–Kier alpha value is -3.07. The van der Waals surface area contributed by atoms with Gasteiger partial charge in [0.2, 0.25) is 0 Å². The van der Waals surface area contributed by atoms with Crippen LogP contribution in [0.5, 0.6) is 5.75 Å². The van der Waals surface area contributed by atoms with Crippen molar-refractivity contribution in [3.8, 4) is 11.8 Å². The van der Waals surface area contributed by atoms with Crippen LogP contribution >= 0.6 is 0 Å². The molecule has 0 saturated carbocycles. The molecule has 0 amide bonds. The maximum Gasteiger partial charge on any atom is 0.289 e. The lowest BCUT2D eigenvalue weighted by Gasteiger charge is -2.23. The van der Waals surface area contributed by atoms with Gasteiger partial charge in [-0.1, -0.05) is 6.07 Å².